The highest BCUT2D eigenvalue weighted by Gasteiger charge is 2.72. The number of hydrogen-bond donors (Lipinski definition) is 0. The van der Waals surface area contributed by atoms with Crippen LogP contribution in [0.15, 0.2) is 0 Å². The molecule has 0 bridgehead atoms. The van der Waals surface area contributed by atoms with Gasteiger partial charge < -0.3 is 0 Å². The first-order valence-corrected chi connectivity index (χ1v) is 9.19. The molecule has 4 nitrogen and oxygen atoms in total. The van der Waals surface area contributed by atoms with Crippen LogP contribution in [0.25, 0.3) is 0 Å². The Morgan fingerprint density at radius 3 is 1.71 bits per heavy atom. The van der Waals surface area contributed by atoms with Gasteiger partial charge in [-0.2, -0.15) is 0 Å². The van der Waals surface area contributed by atoms with Gasteiger partial charge >= 0.3 is 0 Å². The predicted molar refractivity (Wildman–Crippen MR) is 97.4 cm³/mol. The lowest BCUT2D eigenvalue weighted by Crippen LogP contribution is -2.68. The smallest absolute Gasteiger partial charge is 0.163 e. The van der Waals surface area contributed by atoms with Crippen molar-refractivity contribution in [2.75, 3.05) is 0 Å². The molecule has 1 heterocycles. The minimum Gasteiger partial charge on any atom is -0.230 e. The van der Waals surface area contributed by atoms with Crippen molar-refractivity contribution in [3.63, 3.8) is 0 Å². The molecule has 0 aliphatic carbocycles. The van der Waals surface area contributed by atoms with Gasteiger partial charge in [-0.25, -0.2) is 19.6 Å². The van der Waals surface area contributed by atoms with Crippen molar-refractivity contribution in [2.45, 2.75) is 112 Å². The Labute approximate surface area is 149 Å². The SMILES string of the molecule is CC(C)CC1OOC(C(C)(C)C)(C(C)(C)C)C1(C)OOC(C)(C)C. The Hall–Kier alpha value is -0.160. The molecule has 0 saturated carbocycles. The number of rotatable bonds is 4. The van der Waals surface area contributed by atoms with Crippen LogP contribution in [0, 0.1) is 16.7 Å². The molecular weight excluding hydrogens is 304 g/mol. The molecular formula is C20H40O4. The molecule has 0 radical (unpaired) electrons. The van der Waals surface area contributed by atoms with Gasteiger partial charge in [0, 0.05) is 0 Å². The maximum atomic E-state index is 6.19. The summed E-state index contributed by atoms with van der Waals surface area (Å²) in [6.07, 6.45) is 0.649. The normalized spacial score (nSPS) is 28.6. The second-order valence-electron chi connectivity index (χ2n) is 10.9. The summed E-state index contributed by atoms with van der Waals surface area (Å²) < 4.78 is 0. The fourth-order valence-electron chi connectivity index (χ4n) is 4.41. The molecule has 0 N–H and O–H groups in total. The summed E-state index contributed by atoms with van der Waals surface area (Å²) in [6, 6.07) is 0. The Morgan fingerprint density at radius 2 is 1.38 bits per heavy atom. The maximum Gasteiger partial charge on any atom is 0.163 e. The average Bonchev–Trinajstić information content (AvgIpc) is 2.59. The summed E-state index contributed by atoms with van der Waals surface area (Å²) in [6.45, 7) is 25.5. The second kappa shape index (κ2) is 6.53. The maximum absolute atomic E-state index is 6.19. The van der Waals surface area contributed by atoms with Crippen LogP contribution < -0.4 is 0 Å². The van der Waals surface area contributed by atoms with Crippen molar-refractivity contribution < 1.29 is 19.6 Å². The molecule has 1 saturated heterocycles. The lowest BCUT2D eigenvalue weighted by molar-refractivity contribution is -0.438. The van der Waals surface area contributed by atoms with E-state index in [1.165, 1.54) is 0 Å². The molecule has 24 heavy (non-hydrogen) atoms. The van der Waals surface area contributed by atoms with Gasteiger partial charge in [-0.05, 0) is 50.9 Å². The van der Waals surface area contributed by atoms with E-state index in [-0.39, 0.29) is 16.9 Å². The molecule has 1 aliphatic rings. The first kappa shape index (κ1) is 21.9. The summed E-state index contributed by atoms with van der Waals surface area (Å²) in [7, 11) is 0. The highest BCUT2D eigenvalue weighted by atomic mass is 17.3. The van der Waals surface area contributed by atoms with Crippen molar-refractivity contribution in [3.05, 3.63) is 0 Å². The molecule has 1 fully saturated rings. The monoisotopic (exact) mass is 344 g/mol. The van der Waals surface area contributed by atoms with Crippen LogP contribution in [0.1, 0.15) is 89.5 Å². The third-order valence-corrected chi connectivity index (χ3v) is 4.87. The van der Waals surface area contributed by atoms with Crippen molar-refractivity contribution in [3.8, 4) is 0 Å². The molecule has 1 rings (SSSR count). The van der Waals surface area contributed by atoms with Gasteiger partial charge in [0.2, 0.25) is 0 Å². The predicted octanol–water partition coefficient (Wildman–Crippen LogP) is 5.70. The standard InChI is InChI=1S/C20H40O4/c1-14(2)13-15-19(12,23-22-18(9,10)11)20(24-21-15,16(3,4)5)17(6,7)8/h14-15H,13H2,1-12H3. The van der Waals surface area contributed by atoms with Crippen LogP contribution in [-0.4, -0.2) is 22.9 Å². The van der Waals surface area contributed by atoms with Gasteiger partial charge in [0.25, 0.3) is 0 Å². The minimum atomic E-state index is -0.735. The Balaban J connectivity index is 3.44. The summed E-state index contributed by atoms with van der Waals surface area (Å²) in [5.74, 6) is 0.465. The zero-order chi connectivity index (χ0) is 19.2. The molecule has 0 amide bonds. The summed E-state index contributed by atoms with van der Waals surface area (Å²) in [5, 5.41) is 0. The largest absolute Gasteiger partial charge is 0.230 e. The van der Waals surface area contributed by atoms with Crippen molar-refractivity contribution in [2.24, 2.45) is 16.7 Å². The van der Waals surface area contributed by atoms with E-state index in [0.717, 1.165) is 6.42 Å². The lowest BCUT2D eigenvalue weighted by atomic mass is 9.54. The molecule has 4 heteroatoms. The first-order valence-electron chi connectivity index (χ1n) is 9.19. The molecule has 0 spiro atoms. The highest BCUT2D eigenvalue weighted by Crippen LogP contribution is 2.60. The quantitative estimate of drug-likeness (QED) is 0.484. The van der Waals surface area contributed by atoms with Gasteiger partial charge in [-0.15, -0.1) is 0 Å². The summed E-state index contributed by atoms with van der Waals surface area (Å²) >= 11 is 0. The molecule has 2 unspecified atom stereocenters. The third-order valence-electron chi connectivity index (χ3n) is 4.87. The van der Waals surface area contributed by atoms with Crippen LogP contribution in [0.2, 0.25) is 0 Å². The Bertz CT molecular complexity index is 408. The molecule has 0 aromatic rings. The van der Waals surface area contributed by atoms with E-state index >= 15 is 0 Å². The molecule has 2 atom stereocenters. The van der Waals surface area contributed by atoms with Crippen LogP contribution in [-0.2, 0) is 19.6 Å². The second-order valence-corrected chi connectivity index (χ2v) is 10.9. The fraction of sp³-hybridized carbons (Fsp3) is 1.00. The molecule has 144 valence electrons. The number of hydrogen-bond acceptors (Lipinski definition) is 4. The fourth-order valence-corrected chi connectivity index (χ4v) is 4.41. The van der Waals surface area contributed by atoms with E-state index in [0.29, 0.717) is 5.92 Å². The Kier molecular flexibility index (Phi) is 5.96. The minimum absolute atomic E-state index is 0.196. The highest BCUT2D eigenvalue weighted by molar-refractivity contribution is 5.16. The summed E-state index contributed by atoms with van der Waals surface area (Å²) in [5.41, 5.74) is -2.24. The van der Waals surface area contributed by atoms with Crippen molar-refractivity contribution >= 4 is 0 Å². The third kappa shape index (κ3) is 3.82. The zero-order valence-electron chi connectivity index (χ0n) is 18.0. The van der Waals surface area contributed by atoms with E-state index in [1.54, 1.807) is 0 Å². The van der Waals surface area contributed by atoms with Crippen molar-refractivity contribution in [1.82, 2.24) is 0 Å². The lowest BCUT2D eigenvalue weighted by Gasteiger charge is -2.55. The van der Waals surface area contributed by atoms with Crippen LogP contribution in [0.5, 0.6) is 0 Å². The van der Waals surface area contributed by atoms with Gasteiger partial charge in [-0.1, -0.05) is 55.4 Å². The van der Waals surface area contributed by atoms with E-state index in [1.807, 2.05) is 20.8 Å². The average molecular weight is 345 g/mol. The zero-order valence-corrected chi connectivity index (χ0v) is 18.0. The van der Waals surface area contributed by atoms with Gasteiger partial charge in [0.1, 0.15) is 11.7 Å². The van der Waals surface area contributed by atoms with E-state index in [9.17, 15) is 0 Å². The molecule has 1 aliphatic heterocycles. The summed E-state index contributed by atoms with van der Waals surface area (Å²) in [4.78, 5) is 24.1. The van der Waals surface area contributed by atoms with E-state index in [4.69, 9.17) is 19.6 Å². The van der Waals surface area contributed by atoms with Crippen LogP contribution >= 0.6 is 0 Å². The van der Waals surface area contributed by atoms with Crippen LogP contribution in [0.4, 0.5) is 0 Å². The van der Waals surface area contributed by atoms with Gasteiger partial charge in [0.15, 0.2) is 5.60 Å². The van der Waals surface area contributed by atoms with E-state index in [2.05, 4.69) is 62.3 Å². The van der Waals surface area contributed by atoms with Crippen LogP contribution in [0.3, 0.4) is 0 Å². The van der Waals surface area contributed by atoms with Gasteiger partial charge in [0.05, 0.1) is 5.60 Å². The topological polar surface area (TPSA) is 36.9 Å². The van der Waals surface area contributed by atoms with E-state index < -0.39 is 16.8 Å². The van der Waals surface area contributed by atoms with Crippen molar-refractivity contribution in [1.29, 1.82) is 0 Å². The Morgan fingerprint density at radius 1 is 0.917 bits per heavy atom. The first-order chi connectivity index (χ1) is 10.5. The van der Waals surface area contributed by atoms with Gasteiger partial charge in [-0.3, -0.25) is 0 Å². The molecule has 0 aromatic heterocycles. The molecule has 0 aromatic carbocycles.